The van der Waals surface area contributed by atoms with Crippen LogP contribution in [0.2, 0.25) is 5.02 Å². The normalized spacial score (nSPS) is 22.6. The number of nitrogens with zero attached hydrogens (tertiary/aromatic N) is 3. The zero-order valence-corrected chi connectivity index (χ0v) is 17.7. The molecule has 0 saturated heterocycles. The smallest absolute Gasteiger partial charge is 0.230 e. The van der Waals surface area contributed by atoms with Crippen LogP contribution in [-0.2, 0) is 11.3 Å². The predicted molar refractivity (Wildman–Crippen MR) is 111 cm³/mol. The second-order valence-electron chi connectivity index (χ2n) is 7.29. The fourth-order valence-corrected chi connectivity index (χ4v) is 4.60. The molecule has 1 aromatic carbocycles. The van der Waals surface area contributed by atoms with Gasteiger partial charge < -0.3 is 9.88 Å². The molecule has 1 aliphatic rings. The third-order valence-electron chi connectivity index (χ3n) is 5.52. The Bertz CT molecular complexity index is 777. The van der Waals surface area contributed by atoms with Crippen LogP contribution in [0.25, 0.3) is 11.4 Å². The summed E-state index contributed by atoms with van der Waals surface area (Å²) in [5.41, 5.74) is 0.968. The van der Waals surface area contributed by atoms with Crippen molar-refractivity contribution < 1.29 is 4.79 Å². The summed E-state index contributed by atoms with van der Waals surface area (Å²) >= 11 is 7.41. The van der Waals surface area contributed by atoms with Gasteiger partial charge in [-0.3, -0.25) is 4.79 Å². The summed E-state index contributed by atoms with van der Waals surface area (Å²) in [7, 11) is 0. The van der Waals surface area contributed by atoms with Crippen LogP contribution in [0.3, 0.4) is 0 Å². The largest absolute Gasteiger partial charge is 0.352 e. The number of hydrogen-bond donors (Lipinski definition) is 1. The number of amides is 1. The lowest BCUT2D eigenvalue weighted by atomic mass is 9.78. The van der Waals surface area contributed by atoms with E-state index in [0.717, 1.165) is 29.5 Å². The van der Waals surface area contributed by atoms with Crippen LogP contribution in [0, 0.1) is 11.8 Å². The van der Waals surface area contributed by atoms with Gasteiger partial charge in [-0.25, -0.2) is 0 Å². The van der Waals surface area contributed by atoms with Gasteiger partial charge in [0.2, 0.25) is 5.91 Å². The van der Waals surface area contributed by atoms with Crippen LogP contribution in [0.5, 0.6) is 0 Å². The molecule has 146 valence electrons. The van der Waals surface area contributed by atoms with Crippen molar-refractivity contribution in [1.29, 1.82) is 0 Å². The molecule has 1 heterocycles. The van der Waals surface area contributed by atoms with Crippen molar-refractivity contribution in [1.82, 2.24) is 20.1 Å². The highest BCUT2D eigenvalue weighted by atomic mass is 35.5. The van der Waals surface area contributed by atoms with Gasteiger partial charge in [0, 0.05) is 23.2 Å². The van der Waals surface area contributed by atoms with E-state index in [2.05, 4.69) is 36.3 Å². The number of rotatable bonds is 6. The topological polar surface area (TPSA) is 59.8 Å². The molecule has 1 aromatic heterocycles. The molecule has 3 atom stereocenters. The number of carbonyl (C=O) groups excluding carboxylic acids is 1. The van der Waals surface area contributed by atoms with Crippen LogP contribution < -0.4 is 5.32 Å². The minimum absolute atomic E-state index is 0.0737. The van der Waals surface area contributed by atoms with Gasteiger partial charge in [-0.15, -0.1) is 10.2 Å². The Labute approximate surface area is 170 Å². The Morgan fingerprint density at radius 3 is 2.70 bits per heavy atom. The van der Waals surface area contributed by atoms with Crippen molar-refractivity contribution in [3.8, 4) is 11.4 Å². The molecule has 0 aliphatic heterocycles. The number of thioether (sulfide) groups is 1. The summed E-state index contributed by atoms with van der Waals surface area (Å²) < 4.78 is 2.03. The molecule has 0 bridgehead atoms. The lowest BCUT2D eigenvalue weighted by Gasteiger charge is -2.34. The molecular formula is C20H27ClN4OS. The van der Waals surface area contributed by atoms with Crippen molar-refractivity contribution in [2.24, 2.45) is 11.8 Å². The molecule has 0 unspecified atom stereocenters. The van der Waals surface area contributed by atoms with Crippen molar-refractivity contribution in [2.45, 2.75) is 57.8 Å². The van der Waals surface area contributed by atoms with Gasteiger partial charge in [-0.2, -0.15) is 0 Å². The average molecular weight is 407 g/mol. The summed E-state index contributed by atoms with van der Waals surface area (Å²) in [4.78, 5) is 12.4. The van der Waals surface area contributed by atoms with Gasteiger partial charge in [-0.1, -0.05) is 50.1 Å². The van der Waals surface area contributed by atoms with E-state index in [1.807, 2.05) is 28.8 Å². The second-order valence-corrected chi connectivity index (χ2v) is 8.67. The highest BCUT2D eigenvalue weighted by molar-refractivity contribution is 7.99. The highest BCUT2D eigenvalue weighted by Gasteiger charge is 2.28. The SMILES string of the molecule is CCn1c(SCC(=O)N[C@H]2CCC[C@H](C)[C@@H]2C)nnc1-c1ccc(Cl)cc1. The van der Waals surface area contributed by atoms with E-state index in [9.17, 15) is 4.79 Å². The van der Waals surface area contributed by atoms with Crippen LogP contribution in [-0.4, -0.2) is 32.5 Å². The molecule has 5 nitrogen and oxygen atoms in total. The Balaban J connectivity index is 1.62. The molecule has 1 aliphatic carbocycles. The Morgan fingerprint density at radius 2 is 2.00 bits per heavy atom. The summed E-state index contributed by atoms with van der Waals surface area (Å²) in [5.74, 6) is 2.43. The first-order valence-corrected chi connectivity index (χ1v) is 11.0. The average Bonchev–Trinajstić information content (AvgIpc) is 3.07. The Kier molecular flexibility index (Phi) is 6.82. The molecule has 2 aromatic rings. The fourth-order valence-electron chi connectivity index (χ4n) is 3.66. The summed E-state index contributed by atoms with van der Waals surface area (Å²) in [6, 6.07) is 7.85. The fraction of sp³-hybridized carbons (Fsp3) is 0.550. The minimum Gasteiger partial charge on any atom is -0.352 e. The van der Waals surface area contributed by atoms with Gasteiger partial charge >= 0.3 is 0 Å². The predicted octanol–water partition coefficient (Wildman–Crippen LogP) is 4.65. The van der Waals surface area contributed by atoms with Crippen molar-refractivity contribution in [3.63, 3.8) is 0 Å². The molecule has 3 rings (SSSR count). The van der Waals surface area contributed by atoms with Gasteiger partial charge in [0.25, 0.3) is 0 Å². The van der Waals surface area contributed by atoms with E-state index in [0.29, 0.717) is 22.6 Å². The molecule has 1 N–H and O–H groups in total. The quantitative estimate of drug-likeness (QED) is 0.709. The zero-order valence-electron chi connectivity index (χ0n) is 16.1. The van der Waals surface area contributed by atoms with E-state index in [1.165, 1.54) is 24.6 Å². The zero-order chi connectivity index (χ0) is 19.4. The Morgan fingerprint density at radius 1 is 1.26 bits per heavy atom. The van der Waals surface area contributed by atoms with Gasteiger partial charge in [0.1, 0.15) is 0 Å². The first kappa shape index (κ1) is 20.2. The monoisotopic (exact) mass is 406 g/mol. The second kappa shape index (κ2) is 9.11. The van der Waals surface area contributed by atoms with Gasteiger partial charge in [0.05, 0.1) is 5.75 Å². The molecule has 7 heteroatoms. The van der Waals surface area contributed by atoms with E-state index in [4.69, 9.17) is 11.6 Å². The molecule has 1 fully saturated rings. The lowest BCUT2D eigenvalue weighted by molar-refractivity contribution is -0.120. The van der Waals surface area contributed by atoms with Crippen LogP contribution in [0.4, 0.5) is 0 Å². The van der Waals surface area contributed by atoms with Crippen LogP contribution >= 0.6 is 23.4 Å². The third kappa shape index (κ3) is 4.85. The first-order valence-electron chi connectivity index (χ1n) is 9.61. The molecule has 0 radical (unpaired) electrons. The van der Waals surface area contributed by atoms with Crippen LogP contribution in [0.1, 0.15) is 40.0 Å². The van der Waals surface area contributed by atoms with E-state index >= 15 is 0 Å². The number of benzene rings is 1. The molecule has 1 amide bonds. The standard InChI is InChI=1S/C20H27ClN4OS/c1-4-25-19(15-8-10-16(21)11-9-15)23-24-20(25)27-12-18(26)22-17-7-5-6-13(2)14(17)3/h8-11,13-14,17H,4-7,12H2,1-3H3,(H,22,26)/t13-,14-,17-/m0/s1. The summed E-state index contributed by atoms with van der Waals surface area (Å²) in [6.07, 6.45) is 3.53. The first-order chi connectivity index (χ1) is 13.0. The maximum atomic E-state index is 12.4. The van der Waals surface area contributed by atoms with Crippen molar-refractivity contribution >= 4 is 29.3 Å². The number of hydrogen-bond acceptors (Lipinski definition) is 4. The van der Waals surface area contributed by atoms with E-state index in [1.54, 1.807) is 0 Å². The lowest BCUT2D eigenvalue weighted by Crippen LogP contribution is -2.44. The molecular weight excluding hydrogens is 380 g/mol. The number of nitrogens with one attached hydrogen (secondary N) is 1. The van der Waals surface area contributed by atoms with E-state index in [-0.39, 0.29) is 11.9 Å². The molecule has 0 spiro atoms. The number of halogens is 1. The number of carbonyl (C=O) groups is 1. The molecule has 27 heavy (non-hydrogen) atoms. The summed E-state index contributed by atoms with van der Waals surface area (Å²) in [5, 5.41) is 13.3. The maximum Gasteiger partial charge on any atom is 0.230 e. The summed E-state index contributed by atoms with van der Waals surface area (Å²) in [6.45, 7) is 7.32. The van der Waals surface area contributed by atoms with Crippen LogP contribution in [0.15, 0.2) is 29.4 Å². The minimum atomic E-state index is 0.0737. The Hall–Kier alpha value is -1.53. The maximum absolute atomic E-state index is 12.4. The van der Waals surface area contributed by atoms with Gasteiger partial charge in [-0.05, 0) is 49.4 Å². The third-order valence-corrected chi connectivity index (χ3v) is 6.74. The van der Waals surface area contributed by atoms with Crippen molar-refractivity contribution in [3.05, 3.63) is 29.3 Å². The van der Waals surface area contributed by atoms with Gasteiger partial charge in [0.15, 0.2) is 11.0 Å². The van der Waals surface area contributed by atoms with Crippen molar-refractivity contribution in [2.75, 3.05) is 5.75 Å². The van der Waals surface area contributed by atoms with E-state index < -0.39 is 0 Å². The highest BCUT2D eigenvalue weighted by Crippen LogP contribution is 2.30. The number of aromatic nitrogens is 3. The molecule has 1 saturated carbocycles.